The quantitative estimate of drug-likeness (QED) is 0.293. The molecule has 0 saturated carbocycles. The third kappa shape index (κ3) is 6.49. The van der Waals surface area contributed by atoms with Crippen LogP contribution in [0.4, 0.5) is 5.13 Å². The molecule has 2 aliphatic rings. The average molecular weight is 637 g/mol. The van der Waals surface area contributed by atoms with Crippen LogP contribution < -0.4 is 25.4 Å². The second-order valence-corrected chi connectivity index (χ2v) is 12.4. The fourth-order valence-corrected chi connectivity index (χ4v) is 7.15. The maximum absolute atomic E-state index is 13.3. The molecule has 3 N–H and O–H groups in total. The summed E-state index contributed by atoms with van der Waals surface area (Å²) in [5.41, 5.74) is 9.88. The van der Waals surface area contributed by atoms with Crippen LogP contribution in [0.5, 0.6) is 11.5 Å². The Hall–Kier alpha value is -4.05. The summed E-state index contributed by atoms with van der Waals surface area (Å²) >= 11 is 8.77. The van der Waals surface area contributed by atoms with Crippen molar-refractivity contribution in [2.75, 3.05) is 31.4 Å². The molecule has 2 aromatic carbocycles. The first-order chi connectivity index (χ1) is 20.8. The maximum Gasteiger partial charge on any atom is 0.230 e. The molecule has 5 rings (SSSR count). The molecule has 0 radical (unpaired) electrons. The molecule has 1 atom stereocenters. The zero-order chi connectivity index (χ0) is 30.5. The van der Waals surface area contributed by atoms with Crippen molar-refractivity contribution in [1.82, 2.24) is 15.5 Å². The Balaban J connectivity index is 1.28. The van der Waals surface area contributed by atoms with Gasteiger partial charge in [-0.05, 0) is 54.7 Å². The largest absolute Gasteiger partial charge is 0.493 e. The Bertz CT molecular complexity index is 1660. The van der Waals surface area contributed by atoms with Crippen molar-refractivity contribution < 1.29 is 19.1 Å². The van der Waals surface area contributed by atoms with Crippen LogP contribution in [0.3, 0.4) is 0 Å². The molecule has 43 heavy (non-hydrogen) atoms. The number of thioether (sulfide) groups is 1. The fourth-order valence-electron chi connectivity index (χ4n) is 5.24. The van der Waals surface area contributed by atoms with Gasteiger partial charge in [0.15, 0.2) is 21.6 Å². The number of hydrogen-bond donors (Lipinski definition) is 2. The van der Waals surface area contributed by atoms with Crippen LogP contribution in [0.2, 0.25) is 5.02 Å². The van der Waals surface area contributed by atoms with Crippen molar-refractivity contribution in [3.63, 3.8) is 0 Å². The number of halogens is 1. The van der Waals surface area contributed by atoms with Gasteiger partial charge < -0.3 is 20.5 Å². The predicted molar refractivity (Wildman–Crippen MR) is 166 cm³/mol. The van der Waals surface area contributed by atoms with Gasteiger partial charge in [0.25, 0.3) is 0 Å². The van der Waals surface area contributed by atoms with Gasteiger partial charge in [-0.15, -0.1) is 10.2 Å². The van der Waals surface area contributed by atoms with Crippen LogP contribution in [-0.2, 0) is 16.0 Å². The Morgan fingerprint density at radius 3 is 2.77 bits per heavy atom. The second-order valence-electron chi connectivity index (χ2n) is 9.80. The number of ketones is 1. The smallest absolute Gasteiger partial charge is 0.230 e. The number of nitrogens with one attached hydrogen (secondary N) is 1. The van der Waals surface area contributed by atoms with Crippen molar-refractivity contribution >= 4 is 51.5 Å². The Morgan fingerprint density at radius 2 is 2.02 bits per heavy atom. The minimum absolute atomic E-state index is 0.0275. The number of carbonyl (C=O) groups excluding carboxylic acids is 2. The molecule has 222 valence electrons. The van der Waals surface area contributed by atoms with E-state index in [2.05, 4.69) is 21.6 Å². The number of allylic oxidation sites excluding steroid dienone is 3. The van der Waals surface area contributed by atoms with Crippen LogP contribution in [0.25, 0.3) is 0 Å². The lowest BCUT2D eigenvalue weighted by atomic mass is 9.76. The summed E-state index contributed by atoms with van der Waals surface area (Å²) < 4.78 is 11.2. The first-order valence-corrected chi connectivity index (χ1v) is 15.7. The van der Waals surface area contributed by atoms with Crippen molar-refractivity contribution in [2.24, 2.45) is 5.73 Å². The molecule has 1 unspecified atom stereocenters. The Labute approximate surface area is 262 Å². The number of methoxy groups -OCH3 is 2. The normalized spacial score (nSPS) is 16.6. The van der Waals surface area contributed by atoms with Gasteiger partial charge in [-0.3, -0.25) is 14.5 Å². The van der Waals surface area contributed by atoms with E-state index < -0.39 is 5.92 Å². The number of Topliss-reactive ketones (excluding diaryl/α,β-unsaturated/α-hetero) is 1. The van der Waals surface area contributed by atoms with Crippen LogP contribution in [0.1, 0.15) is 36.3 Å². The summed E-state index contributed by atoms with van der Waals surface area (Å²) in [5.74, 6) is 0.879. The number of aromatic nitrogens is 2. The van der Waals surface area contributed by atoms with Gasteiger partial charge >= 0.3 is 0 Å². The third-order valence-corrected chi connectivity index (χ3v) is 9.47. The fraction of sp³-hybridized carbons (Fsp3) is 0.300. The summed E-state index contributed by atoms with van der Waals surface area (Å²) in [6.45, 7) is 0.459. The standard InChI is InChI=1S/C30H29ClN6O4S2/c1-40-23-10-9-17(13-24(23)41-2)11-12-34-25(39)16-42-30-36-35-29(43-30)37-21-7-4-8-22(38)27(21)26(20(15-32)28(37)33)18-5-3-6-19(31)14-18/h3,5-6,9-10,13-14,26H,4,7-8,11-12,16,33H2,1-2H3,(H,34,39). The molecular weight excluding hydrogens is 608 g/mol. The van der Waals surface area contributed by atoms with E-state index in [0.717, 1.165) is 16.8 Å². The van der Waals surface area contributed by atoms with Gasteiger partial charge in [0.05, 0.1) is 37.5 Å². The van der Waals surface area contributed by atoms with Gasteiger partial charge in [-0.1, -0.05) is 52.9 Å². The minimum Gasteiger partial charge on any atom is -0.493 e. The molecule has 0 spiro atoms. The topological polar surface area (TPSA) is 143 Å². The van der Waals surface area contributed by atoms with Gasteiger partial charge in [-0.25, -0.2) is 0 Å². The number of nitrogens with two attached hydrogens (primary N) is 1. The van der Waals surface area contributed by atoms with Crippen LogP contribution in [-0.4, -0.2) is 48.4 Å². The van der Waals surface area contributed by atoms with E-state index in [-0.39, 0.29) is 28.8 Å². The van der Waals surface area contributed by atoms with Crippen molar-refractivity contribution in [3.8, 4) is 17.6 Å². The zero-order valence-corrected chi connectivity index (χ0v) is 25.9. The van der Waals surface area contributed by atoms with E-state index in [1.165, 1.54) is 23.1 Å². The first kappa shape index (κ1) is 30.4. The van der Waals surface area contributed by atoms with E-state index in [0.29, 0.717) is 63.8 Å². The molecular formula is C30H29ClN6O4S2. The van der Waals surface area contributed by atoms with E-state index in [9.17, 15) is 14.9 Å². The Kier molecular flexibility index (Phi) is 9.55. The van der Waals surface area contributed by atoms with Crippen LogP contribution in [0, 0.1) is 11.3 Å². The van der Waals surface area contributed by atoms with Gasteiger partial charge in [0.1, 0.15) is 5.82 Å². The van der Waals surface area contributed by atoms with Crippen molar-refractivity contribution in [1.29, 1.82) is 5.26 Å². The summed E-state index contributed by atoms with van der Waals surface area (Å²) in [6, 6.07) is 15.0. The number of rotatable bonds is 10. The molecule has 3 aromatic rings. The highest BCUT2D eigenvalue weighted by molar-refractivity contribution is 8.01. The van der Waals surface area contributed by atoms with Crippen molar-refractivity contribution in [3.05, 3.63) is 81.3 Å². The monoisotopic (exact) mass is 636 g/mol. The highest BCUT2D eigenvalue weighted by Crippen LogP contribution is 2.47. The third-order valence-electron chi connectivity index (χ3n) is 7.19. The van der Waals surface area contributed by atoms with Gasteiger partial charge in [-0.2, -0.15) is 5.26 Å². The SMILES string of the molecule is COc1ccc(CCNC(=O)CSc2nnc(N3C(N)=C(C#N)C(c4cccc(Cl)c4)C4=C3CCCC4=O)s2)cc1OC. The highest BCUT2D eigenvalue weighted by Gasteiger charge is 2.41. The number of ether oxygens (including phenoxy) is 2. The number of carbonyl (C=O) groups is 2. The van der Waals surface area contributed by atoms with E-state index in [1.54, 1.807) is 37.3 Å². The summed E-state index contributed by atoms with van der Waals surface area (Å²) in [5, 5.41) is 22.6. The molecule has 13 heteroatoms. The number of nitriles is 1. The molecule has 0 saturated heterocycles. The van der Waals surface area contributed by atoms with Gasteiger partial charge in [0, 0.05) is 29.3 Å². The lowest BCUT2D eigenvalue weighted by molar-refractivity contribution is -0.118. The molecule has 1 aliphatic carbocycles. The van der Waals surface area contributed by atoms with E-state index >= 15 is 0 Å². The van der Waals surface area contributed by atoms with Gasteiger partial charge in [0.2, 0.25) is 11.0 Å². The molecule has 1 amide bonds. The molecule has 2 heterocycles. The number of amides is 1. The first-order valence-electron chi connectivity index (χ1n) is 13.5. The predicted octanol–water partition coefficient (Wildman–Crippen LogP) is 4.96. The maximum atomic E-state index is 13.3. The average Bonchev–Trinajstić information content (AvgIpc) is 3.48. The Morgan fingerprint density at radius 1 is 1.21 bits per heavy atom. The van der Waals surface area contributed by atoms with E-state index in [1.807, 2.05) is 24.3 Å². The number of anilines is 1. The summed E-state index contributed by atoms with van der Waals surface area (Å²) in [4.78, 5) is 27.5. The number of nitrogens with zero attached hydrogens (tertiary/aromatic N) is 4. The lowest BCUT2D eigenvalue weighted by Gasteiger charge is -2.38. The van der Waals surface area contributed by atoms with Crippen LogP contribution >= 0.6 is 34.7 Å². The molecule has 1 aromatic heterocycles. The van der Waals surface area contributed by atoms with Crippen LogP contribution in [0.15, 0.2) is 69.5 Å². The highest BCUT2D eigenvalue weighted by atomic mass is 35.5. The minimum atomic E-state index is -0.604. The molecule has 1 aliphatic heterocycles. The molecule has 10 nitrogen and oxygen atoms in total. The van der Waals surface area contributed by atoms with Crippen molar-refractivity contribution in [2.45, 2.75) is 35.9 Å². The molecule has 0 fully saturated rings. The number of hydrogen-bond acceptors (Lipinski definition) is 11. The summed E-state index contributed by atoms with van der Waals surface area (Å²) in [7, 11) is 3.17. The van der Waals surface area contributed by atoms with E-state index in [4.69, 9.17) is 26.8 Å². The second kappa shape index (κ2) is 13.5. The molecule has 0 bridgehead atoms. The number of benzene rings is 2. The zero-order valence-electron chi connectivity index (χ0n) is 23.6. The summed E-state index contributed by atoms with van der Waals surface area (Å²) in [6.07, 6.45) is 2.28. The lowest BCUT2D eigenvalue weighted by Crippen LogP contribution is -2.38.